The Balaban J connectivity index is 2.32. The number of pyridine rings is 1. The molecule has 0 saturated carbocycles. The first kappa shape index (κ1) is 13.4. The van der Waals surface area contributed by atoms with Gasteiger partial charge in [-0.15, -0.1) is 11.6 Å². The summed E-state index contributed by atoms with van der Waals surface area (Å²) in [6, 6.07) is 10.5. The third-order valence-electron chi connectivity index (χ3n) is 3.10. The molecular formula is C16H20ClN. The third kappa shape index (κ3) is 3.23. The SMILES string of the molecule is Cc1cc(CC(Cl)CC(C)C)c2ccccc2n1. The summed E-state index contributed by atoms with van der Waals surface area (Å²) in [6.45, 7) is 6.47. The zero-order valence-corrected chi connectivity index (χ0v) is 12.0. The van der Waals surface area contributed by atoms with Gasteiger partial charge in [0, 0.05) is 16.5 Å². The van der Waals surface area contributed by atoms with Crippen molar-refractivity contribution in [2.45, 2.75) is 39.0 Å². The number of nitrogens with zero attached hydrogens (tertiary/aromatic N) is 1. The second kappa shape index (κ2) is 5.71. The lowest BCUT2D eigenvalue weighted by Gasteiger charge is -2.14. The van der Waals surface area contributed by atoms with Crippen LogP contribution in [0.5, 0.6) is 0 Å². The lowest BCUT2D eigenvalue weighted by molar-refractivity contribution is 0.562. The molecule has 2 rings (SSSR count). The van der Waals surface area contributed by atoms with E-state index in [1.54, 1.807) is 0 Å². The van der Waals surface area contributed by atoms with Crippen molar-refractivity contribution in [1.29, 1.82) is 0 Å². The molecule has 0 aliphatic rings. The van der Waals surface area contributed by atoms with Gasteiger partial charge in [-0.1, -0.05) is 32.0 Å². The van der Waals surface area contributed by atoms with Gasteiger partial charge in [0.05, 0.1) is 5.52 Å². The van der Waals surface area contributed by atoms with E-state index >= 15 is 0 Å². The van der Waals surface area contributed by atoms with Crippen molar-refractivity contribution >= 4 is 22.5 Å². The summed E-state index contributed by atoms with van der Waals surface area (Å²) in [7, 11) is 0. The van der Waals surface area contributed by atoms with Gasteiger partial charge in [0.1, 0.15) is 0 Å². The fourth-order valence-electron chi connectivity index (χ4n) is 2.40. The van der Waals surface area contributed by atoms with E-state index < -0.39 is 0 Å². The van der Waals surface area contributed by atoms with E-state index in [2.05, 4.69) is 43.1 Å². The molecule has 1 aromatic carbocycles. The molecule has 0 aliphatic carbocycles. The zero-order valence-electron chi connectivity index (χ0n) is 11.3. The summed E-state index contributed by atoms with van der Waals surface area (Å²) in [4.78, 5) is 4.56. The van der Waals surface area contributed by atoms with Gasteiger partial charge in [0.2, 0.25) is 0 Å². The molecule has 1 heterocycles. The van der Waals surface area contributed by atoms with Gasteiger partial charge >= 0.3 is 0 Å². The van der Waals surface area contributed by atoms with Gasteiger partial charge in [-0.3, -0.25) is 4.98 Å². The fraction of sp³-hybridized carbons (Fsp3) is 0.438. The molecule has 1 atom stereocenters. The Morgan fingerprint density at radius 3 is 2.67 bits per heavy atom. The van der Waals surface area contributed by atoms with E-state index in [1.165, 1.54) is 10.9 Å². The quantitative estimate of drug-likeness (QED) is 0.725. The first-order valence-corrected chi connectivity index (χ1v) is 6.99. The summed E-state index contributed by atoms with van der Waals surface area (Å²) < 4.78 is 0. The Labute approximate surface area is 114 Å². The molecule has 2 heteroatoms. The van der Waals surface area contributed by atoms with Crippen LogP contribution in [0.4, 0.5) is 0 Å². The number of halogens is 1. The van der Waals surface area contributed by atoms with Gasteiger partial charge in [-0.2, -0.15) is 0 Å². The second-order valence-corrected chi connectivity index (χ2v) is 5.99. The highest BCUT2D eigenvalue weighted by Crippen LogP contribution is 2.23. The van der Waals surface area contributed by atoms with Crippen molar-refractivity contribution in [2.24, 2.45) is 5.92 Å². The van der Waals surface area contributed by atoms with Crippen LogP contribution in [0.2, 0.25) is 0 Å². The molecule has 1 unspecified atom stereocenters. The van der Waals surface area contributed by atoms with Crippen LogP contribution in [0, 0.1) is 12.8 Å². The van der Waals surface area contributed by atoms with E-state index in [9.17, 15) is 0 Å². The van der Waals surface area contributed by atoms with E-state index in [0.717, 1.165) is 24.1 Å². The number of hydrogen-bond donors (Lipinski definition) is 0. The van der Waals surface area contributed by atoms with Crippen LogP contribution in [-0.2, 0) is 6.42 Å². The number of aryl methyl sites for hydroxylation is 1. The number of para-hydroxylation sites is 1. The third-order valence-corrected chi connectivity index (χ3v) is 3.43. The van der Waals surface area contributed by atoms with E-state index in [1.807, 2.05) is 13.0 Å². The maximum atomic E-state index is 6.44. The van der Waals surface area contributed by atoms with Crippen LogP contribution < -0.4 is 0 Å². The van der Waals surface area contributed by atoms with Crippen LogP contribution in [0.3, 0.4) is 0 Å². The van der Waals surface area contributed by atoms with Gasteiger partial charge in [-0.05, 0) is 43.4 Å². The first-order chi connectivity index (χ1) is 8.56. The van der Waals surface area contributed by atoms with E-state index in [4.69, 9.17) is 11.6 Å². The lowest BCUT2D eigenvalue weighted by Crippen LogP contribution is -2.08. The smallest absolute Gasteiger partial charge is 0.0707 e. The van der Waals surface area contributed by atoms with Crippen LogP contribution in [0.15, 0.2) is 30.3 Å². The van der Waals surface area contributed by atoms with Crippen molar-refractivity contribution in [2.75, 3.05) is 0 Å². The van der Waals surface area contributed by atoms with Crippen molar-refractivity contribution in [1.82, 2.24) is 4.98 Å². The summed E-state index contributed by atoms with van der Waals surface area (Å²) in [5.74, 6) is 0.640. The monoisotopic (exact) mass is 261 g/mol. The average molecular weight is 262 g/mol. The molecule has 0 aliphatic heterocycles. The summed E-state index contributed by atoms with van der Waals surface area (Å²) in [5.41, 5.74) is 3.46. The minimum absolute atomic E-state index is 0.204. The fourth-order valence-corrected chi connectivity index (χ4v) is 2.92. The van der Waals surface area contributed by atoms with E-state index in [-0.39, 0.29) is 5.38 Å². The largest absolute Gasteiger partial charge is 0.253 e. The Kier molecular flexibility index (Phi) is 4.23. The maximum Gasteiger partial charge on any atom is 0.0707 e. The first-order valence-electron chi connectivity index (χ1n) is 6.55. The summed E-state index contributed by atoms with van der Waals surface area (Å²) in [6.07, 6.45) is 1.97. The Bertz CT molecular complexity index is 534. The van der Waals surface area contributed by atoms with Crippen LogP contribution in [-0.4, -0.2) is 10.4 Å². The van der Waals surface area contributed by atoms with Crippen molar-refractivity contribution in [3.63, 3.8) is 0 Å². The number of rotatable bonds is 4. The minimum atomic E-state index is 0.204. The number of benzene rings is 1. The molecule has 1 aromatic heterocycles. The Morgan fingerprint density at radius 1 is 1.22 bits per heavy atom. The van der Waals surface area contributed by atoms with Gasteiger partial charge in [0.25, 0.3) is 0 Å². The predicted octanol–water partition coefficient (Wildman–Crippen LogP) is 4.74. The highest BCUT2D eigenvalue weighted by atomic mass is 35.5. The second-order valence-electron chi connectivity index (χ2n) is 5.37. The molecule has 0 radical (unpaired) electrons. The highest BCUT2D eigenvalue weighted by molar-refractivity contribution is 6.20. The Hall–Kier alpha value is -1.08. The standard InChI is InChI=1S/C16H20ClN/c1-11(2)8-14(17)10-13-9-12(3)18-16-7-5-4-6-15(13)16/h4-7,9,11,14H,8,10H2,1-3H3. The predicted molar refractivity (Wildman–Crippen MR) is 79.3 cm³/mol. The molecule has 96 valence electrons. The van der Waals surface area contributed by atoms with Crippen LogP contribution >= 0.6 is 11.6 Å². The number of aromatic nitrogens is 1. The summed E-state index contributed by atoms with van der Waals surface area (Å²) >= 11 is 6.44. The molecule has 0 N–H and O–H groups in total. The zero-order chi connectivity index (χ0) is 13.1. The molecule has 0 bridgehead atoms. The van der Waals surface area contributed by atoms with Crippen molar-refractivity contribution in [3.05, 3.63) is 41.6 Å². The molecular weight excluding hydrogens is 242 g/mol. The molecule has 2 aromatic rings. The normalized spacial score (nSPS) is 13.2. The molecule has 1 nitrogen and oxygen atoms in total. The number of fused-ring (bicyclic) bond motifs is 1. The Morgan fingerprint density at radius 2 is 1.94 bits per heavy atom. The summed E-state index contributed by atoms with van der Waals surface area (Å²) in [5, 5.41) is 1.44. The van der Waals surface area contributed by atoms with Crippen LogP contribution in [0.25, 0.3) is 10.9 Å². The molecule has 0 amide bonds. The topological polar surface area (TPSA) is 12.9 Å². The van der Waals surface area contributed by atoms with Gasteiger partial charge < -0.3 is 0 Å². The number of alkyl halides is 1. The van der Waals surface area contributed by atoms with Gasteiger partial charge in [0.15, 0.2) is 0 Å². The highest BCUT2D eigenvalue weighted by Gasteiger charge is 2.11. The van der Waals surface area contributed by atoms with E-state index in [0.29, 0.717) is 5.92 Å². The maximum absolute atomic E-state index is 6.44. The van der Waals surface area contributed by atoms with Crippen molar-refractivity contribution < 1.29 is 0 Å². The molecule has 0 saturated heterocycles. The van der Waals surface area contributed by atoms with Crippen molar-refractivity contribution in [3.8, 4) is 0 Å². The molecule has 0 spiro atoms. The molecule has 0 fully saturated rings. The average Bonchev–Trinajstić information content (AvgIpc) is 2.27. The van der Waals surface area contributed by atoms with Crippen LogP contribution in [0.1, 0.15) is 31.5 Å². The lowest BCUT2D eigenvalue weighted by atomic mass is 9.99. The molecule has 18 heavy (non-hydrogen) atoms. The van der Waals surface area contributed by atoms with Gasteiger partial charge in [-0.25, -0.2) is 0 Å². The minimum Gasteiger partial charge on any atom is -0.253 e. The number of hydrogen-bond acceptors (Lipinski definition) is 1.